The maximum atomic E-state index is 2.43. The van der Waals surface area contributed by atoms with Gasteiger partial charge in [0, 0.05) is 0 Å². The highest BCUT2D eigenvalue weighted by Crippen LogP contribution is 2.44. The Morgan fingerprint density at radius 1 is 0.840 bits per heavy atom. The van der Waals surface area contributed by atoms with E-state index in [1.807, 2.05) is 0 Å². The van der Waals surface area contributed by atoms with Crippen molar-refractivity contribution in [3.05, 3.63) is 58.7 Å². The Kier molecular flexibility index (Phi) is 3.29. The molecule has 3 aromatic carbocycles. The Labute approximate surface area is 151 Å². The van der Waals surface area contributed by atoms with Crippen molar-refractivity contribution in [2.24, 2.45) is 0 Å². The van der Waals surface area contributed by atoms with E-state index in [-0.39, 0.29) is 0 Å². The maximum Gasteiger partial charge on any atom is -0.0100 e. The molecular formula is C25H28. The molecule has 3 aromatic rings. The van der Waals surface area contributed by atoms with E-state index < -0.39 is 0 Å². The Bertz CT molecular complexity index is 990. The third kappa shape index (κ3) is 2.13. The molecule has 1 atom stereocenters. The van der Waals surface area contributed by atoms with Gasteiger partial charge in [0.1, 0.15) is 0 Å². The summed E-state index contributed by atoms with van der Waals surface area (Å²) >= 11 is 0. The molecule has 0 heterocycles. The Morgan fingerprint density at radius 2 is 1.52 bits per heavy atom. The minimum atomic E-state index is 0.322. The zero-order valence-corrected chi connectivity index (χ0v) is 15.8. The average Bonchev–Trinajstić information content (AvgIpc) is 3.04. The summed E-state index contributed by atoms with van der Waals surface area (Å²) in [5.74, 6) is 0.777. The van der Waals surface area contributed by atoms with Crippen molar-refractivity contribution in [1.82, 2.24) is 0 Å². The first kappa shape index (κ1) is 15.4. The van der Waals surface area contributed by atoms with Crippen molar-refractivity contribution < 1.29 is 0 Å². The smallest absolute Gasteiger partial charge is 0.0100 e. The van der Waals surface area contributed by atoms with E-state index in [2.05, 4.69) is 57.2 Å². The third-order valence-corrected chi connectivity index (χ3v) is 7.09. The first-order chi connectivity index (χ1) is 12.1. The van der Waals surface area contributed by atoms with E-state index in [1.54, 1.807) is 22.3 Å². The summed E-state index contributed by atoms with van der Waals surface area (Å²) in [6.07, 6.45) is 7.74. The minimum Gasteiger partial charge on any atom is -0.0648 e. The van der Waals surface area contributed by atoms with Gasteiger partial charge in [-0.1, -0.05) is 57.2 Å². The molecule has 0 aromatic heterocycles. The second-order valence-corrected chi connectivity index (χ2v) is 8.86. The predicted molar refractivity (Wildman–Crippen MR) is 109 cm³/mol. The van der Waals surface area contributed by atoms with E-state index >= 15 is 0 Å². The summed E-state index contributed by atoms with van der Waals surface area (Å²) < 4.78 is 0. The van der Waals surface area contributed by atoms with Crippen LogP contribution in [0.5, 0.6) is 0 Å². The summed E-state index contributed by atoms with van der Waals surface area (Å²) in [6, 6.07) is 14.5. The van der Waals surface area contributed by atoms with Crippen LogP contribution in [0.1, 0.15) is 74.6 Å². The van der Waals surface area contributed by atoms with Crippen molar-refractivity contribution in [2.45, 2.75) is 70.6 Å². The van der Waals surface area contributed by atoms with Crippen LogP contribution in [0.2, 0.25) is 0 Å². The molecule has 2 aliphatic carbocycles. The van der Waals surface area contributed by atoms with Crippen LogP contribution in [0.3, 0.4) is 0 Å². The predicted octanol–water partition coefficient (Wildman–Crippen LogP) is 7.05. The van der Waals surface area contributed by atoms with Gasteiger partial charge < -0.3 is 0 Å². The van der Waals surface area contributed by atoms with E-state index in [1.165, 1.54) is 60.1 Å². The van der Waals surface area contributed by atoms with Gasteiger partial charge in [-0.3, -0.25) is 0 Å². The zero-order valence-electron chi connectivity index (χ0n) is 15.8. The van der Waals surface area contributed by atoms with Gasteiger partial charge in [-0.25, -0.2) is 0 Å². The molecule has 0 aliphatic heterocycles. The molecule has 1 unspecified atom stereocenters. The molecule has 0 saturated carbocycles. The minimum absolute atomic E-state index is 0.322. The van der Waals surface area contributed by atoms with Gasteiger partial charge >= 0.3 is 0 Å². The Hall–Kier alpha value is -1.82. The van der Waals surface area contributed by atoms with Crippen LogP contribution in [-0.2, 0) is 18.3 Å². The SMILES string of the molecule is CCC1CCc2c1ccc1c2ccc2c3c(ccc21)C(C)(C)CCC3. The van der Waals surface area contributed by atoms with Gasteiger partial charge in [0.2, 0.25) is 0 Å². The molecule has 5 rings (SSSR count). The van der Waals surface area contributed by atoms with Crippen molar-refractivity contribution in [3.63, 3.8) is 0 Å². The molecule has 2 aliphatic rings. The molecule has 128 valence electrons. The molecule has 0 bridgehead atoms. The van der Waals surface area contributed by atoms with Crippen LogP contribution in [-0.4, -0.2) is 0 Å². The maximum absolute atomic E-state index is 2.43. The molecule has 0 saturated heterocycles. The van der Waals surface area contributed by atoms with Crippen LogP contribution >= 0.6 is 0 Å². The summed E-state index contributed by atoms with van der Waals surface area (Å²) in [7, 11) is 0. The van der Waals surface area contributed by atoms with Crippen LogP contribution in [0.4, 0.5) is 0 Å². The highest BCUT2D eigenvalue weighted by atomic mass is 14.3. The van der Waals surface area contributed by atoms with Gasteiger partial charge in [-0.2, -0.15) is 0 Å². The fraction of sp³-hybridized carbons (Fsp3) is 0.440. The third-order valence-electron chi connectivity index (χ3n) is 7.09. The molecular weight excluding hydrogens is 300 g/mol. The first-order valence-corrected chi connectivity index (χ1v) is 10.1. The summed E-state index contributed by atoms with van der Waals surface area (Å²) in [4.78, 5) is 0. The second kappa shape index (κ2) is 5.34. The quantitative estimate of drug-likeness (QED) is 0.420. The average molecular weight is 328 g/mol. The van der Waals surface area contributed by atoms with E-state index in [4.69, 9.17) is 0 Å². The van der Waals surface area contributed by atoms with Gasteiger partial charge in [-0.15, -0.1) is 0 Å². The van der Waals surface area contributed by atoms with Crippen LogP contribution in [0.15, 0.2) is 36.4 Å². The highest BCUT2D eigenvalue weighted by Gasteiger charge is 2.29. The standard InChI is InChI=1S/C25H28/c1-4-16-7-8-18-17(16)9-10-20-19(18)11-12-22-21(20)13-14-24-23(22)6-5-15-25(24,2)3/h9-14,16H,4-8,15H2,1-3H3. The van der Waals surface area contributed by atoms with Gasteiger partial charge in [0.25, 0.3) is 0 Å². The molecule has 25 heavy (non-hydrogen) atoms. The number of benzene rings is 3. The first-order valence-electron chi connectivity index (χ1n) is 10.1. The van der Waals surface area contributed by atoms with Gasteiger partial charge in [0.15, 0.2) is 0 Å². The normalized spacial score (nSPS) is 21.5. The van der Waals surface area contributed by atoms with Crippen LogP contribution in [0, 0.1) is 0 Å². The largest absolute Gasteiger partial charge is 0.0648 e. The molecule has 0 amide bonds. The van der Waals surface area contributed by atoms with Crippen molar-refractivity contribution in [2.75, 3.05) is 0 Å². The summed E-state index contributed by atoms with van der Waals surface area (Å²) in [5, 5.41) is 5.95. The van der Waals surface area contributed by atoms with Crippen molar-refractivity contribution >= 4 is 21.5 Å². The summed E-state index contributed by atoms with van der Waals surface area (Å²) in [5.41, 5.74) is 6.77. The van der Waals surface area contributed by atoms with Gasteiger partial charge in [-0.05, 0) is 93.7 Å². The lowest BCUT2D eigenvalue weighted by molar-refractivity contribution is 0.433. The number of rotatable bonds is 1. The molecule has 0 N–H and O–H groups in total. The molecule has 0 nitrogen and oxygen atoms in total. The number of hydrogen-bond acceptors (Lipinski definition) is 0. The molecule has 0 fully saturated rings. The number of fused-ring (bicyclic) bond motifs is 7. The Balaban J connectivity index is 1.80. The van der Waals surface area contributed by atoms with E-state index in [0.717, 1.165) is 5.92 Å². The van der Waals surface area contributed by atoms with Crippen molar-refractivity contribution in [1.29, 1.82) is 0 Å². The summed E-state index contributed by atoms with van der Waals surface area (Å²) in [6.45, 7) is 7.16. The van der Waals surface area contributed by atoms with E-state index in [0.29, 0.717) is 5.41 Å². The lowest BCUT2D eigenvalue weighted by Crippen LogP contribution is -2.23. The fourth-order valence-electron chi connectivity index (χ4n) is 5.67. The Morgan fingerprint density at radius 3 is 2.28 bits per heavy atom. The zero-order chi connectivity index (χ0) is 17.2. The van der Waals surface area contributed by atoms with Crippen LogP contribution < -0.4 is 0 Å². The fourth-order valence-corrected chi connectivity index (χ4v) is 5.67. The lowest BCUT2D eigenvalue weighted by atomic mass is 9.71. The van der Waals surface area contributed by atoms with Gasteiger partial charge in [0.05, 0.1) is 0 Å². The number of hydrogen-bond donors (Lipinski definition) is 0. The molecule has 0 heteroatoms. The van der Waals surface area contributed by atoms with Crippen LogP contribution in [0.25, 0.3) is 21.5 Å². The lowest BCUT2D eigenvalue weighted by Gasteiger charge is -2.33. The molecule has 0 spiro atoms. The second-order valence-electron chi connectivity index (χ2n) is 8.86. The molecule has 0 radical (unpaired) electrons. The monoisotopic (exact) mass is 328 g/mol. The highest BCUT2D eigenvalue weighted by molar-refractivity contribution is 6.10. The van der Waals surface area contributed by atoms with E-state index in [9.17, 15) is 0 Å². The number of aryl methyl sites for hydroxylation is 2. The van der Waals surface area contributed by atoms with Crippen molar-refractivity contribution in [3.8, 4) is 0 Å². The topological polar surface area (TPSA) is 0 Å².